The Morgan fingerprint density at radius 1 is 1.04 bits per heavy atom. The van der Waals surface area contributed by atoms with Gasteiger partial charge >= 0.3 is 0 Å². The summed E-state index contributed by atoms with van der Waals surface area (Å²) in [5.74, 6) is -0.171. The van der Waals surface area contributed by atoms with Crippen LogP contribution in [-0.2, 0) is 19.4 Å². The second-order valence-electron chi connectivity index (χ2n) is 5.97. The third-order valence-corrected chi connectivity index (χ3v) is 4.47. The zero-order valence-corrected chi connectivity index (χ0v) is 12.9. The van der Waals surface area contributed by atoms with E-state index in [4.69, 9.17) is 5.10 Å². The van der Waals surface area contributed by atoms with Crippen LogP contribution < -0.4 is 0 Å². The first-order valence-electron chi connectivity index (χ1n) is 8.05. The summed E-state index contributed by atoms with van der Waals surface area (Å²) < 4.78 is 16.0. The molecule has 0 aliphatic heterocycles. The molecule has 0 saturated carbocycles. The molecule has 23 heavy (non-hydrogen) atoms. The molecule has 0 N–H and O–H groups in total. The van der Waals surface area contributed by atoms with Gasteiger partial charge < -0.3 is 0 Å². The molecule has 0 unspecified atom stereocenters. The Hall–Kier alpha value is -2.49. The maximum atomic E-state index is 14.0. The van der Waals surface area contributed by atoms with Gasteiger partial charge in [0.2, 0.25) is 0 Å². The van der Waals surface area contributed by atoms with Crippen molar-refractivity contribution in [1.82, 2.24) is 14.8 Å². The van der Waals surface area contributed by atoms with E-state index in [1.165, 1.54) is 30.2 Å². The molecular formula is C19H18FN3. The molecule has 4 rings (SSSR count). The quantitative estimate of drug-likeness (QED) is 0.732. The van der Waals surface area contributed by atoms with Crippen LogP contribution in [-0.4, -0.2) is 14.8 Å². The molecule has 0 spiro atoms. The van der Waals surface area contributed by atoms with Crippen LogP contribution in [0.3, 0.4) is 0 Å². The molecule has 3 aromatic rings. The number of pyridine rings is 1. The maximum Gasteiger partial charge on any atom is 0.128 e. The predicted octanol–water partition coefficient (Wildman–Crippen LogP) is 4.01. The summed E-state index contributed by atoms with van der Waals surface area (Å²) in [5, 5.41) is 4.81. The standard InChI is InChI=1S/C19H18FN3/c20-17-9-3-1-6-15(17)13-23-18-10-4-2-8-16(18)19(22-23)14-7-5-11-21-12-14/h1,3,5-7,9,11-12H,2,4,8,10,13H2. The van der Waals surface area contributed by atoms with Crippen LogP contribution >= 0.6 is 0 Å². The fraction of sp³-hybridized carbons (Fsp3) is 0.263. The van der Waals surface area contributed by atoms with Gasteiger partial charge in [0.05, 0.1) is 12.2 Å². The topological polar surface area (TPSA) is 30.7 Å². The van der Waals surface area contributed by atoms with Crippen LogP contribution in [0.1, 0.15) is 29.7 Å². The zero-order valence-electron chi connectivity index (χ0n) is 12.9. The SMILES string of the molecule is Fc1ccccc1Cn1nc(-c2cccnc2)c2c1CCCC2. The summed E-state index contributed by atoms with van der Waals surface area (Å²) in [4.78, 5) is 4.21. The average Bonchev–Trinajstić information content (AvgIpc) is 2.97. The Bertz CT molecular complexity index is 824. The van der Waals surface area contributed by atoms with E-state index in [9.17, 15) is 4.39 Å². The van der Waals surface area contributed by atoms with Gasteiger partial charge in [-0.2, -0.15) is 5.10 Å². The van der Waals surface area contributed by atoms with Crippen molar-refractivity contribution < 1.29 is 4.39 Å². The van der Waals surface area contributed by atoms with Crippen molar-refractivity contribution >= 4 is 0 Å². The molecule has 116 valence electrons. The van der Waals surface area contributed by atoms with Crippen molar-refractivity contribution in [3.63, 3.8) is 0 Å². The van der Waals surface area contributed by atoms with Crippen LogP contribution in [0, 0.1) is 5.82 Å². The number of rotatable bonds is 3. The van der Waals surface area contributed by atoms with E-state index >= 15 is 0 Å². The van der Waals surface area contributed by atoms with Crippen molar-refractivity contribution in [3.05, 3.63) is 71.4 Å². The minimum Gasteiger partial charge on any atom is -0.264 e. The van der Waals surface area contributed by atoms with Gasteiger partial charge in [0.25, 0.3) is 0 Å². The molecule has 4 heteroatoms. The van der Waals surface area contributed by atoms with E-state index < -0.39 is 0 Å². The van der Waals surface area contributed by atoms with Crippen molar-refractivity contribution in [2.75, 3.05) is 0 Å². The summed E-state index contributed by atoms with van der Waals surface area (Å²) in [6, 6.07) is 10.9. The first-order valence-corrected chi connectivity index (χ1v) is 8.05. The van der Waals surface area contributed by atoms with Crippen molar-refractivity contribution in [3.8, 4) is 11.3 Å². The molecule has 0 bridgehead atoms. The summed E-state index contributed by atoms with van der Waals surface area (Å²) in [7, 11) is 0. The van der Waals surface area contributed by atoms with Crippen LogP contribution in [0.4, 0.5) is 4.39 Å². The van der Waals surface area contributed by atoms with Gasteiger partial charge in [-0.25, -0.2) is 4.39 Å². The van der Waals surface area contributed by atoms with Crippen LogP contribution in [0.2, 0.25) is 0 Å². The summed E-state index contributed by atoms with van der Waals surface area (Å²) in [6.45, 7) is 0.481. The lowest BCUT2D eigenvalue weighted by atomic mass is 9.94. The minimum atomic E-state index is -0.171. The fourth-order valence-corrected chi connectivity index (χ4v) is 3.32. The zero-order chi connectivity index (χ0) is 15.6. The van der Waals surface area contributed by atoms with Crippen LogP contribution in [0.15, 0.2) is 48.8 Å². The fourth-order valence-electron chi connectivity index (χ4n) is 3.32. The summed E-state index contributed by atoms with van der Waals surface area (Å²) in [6.07, 6.45) is 8.03. The summed E-state index contributed by atoms with van der Waals surface area (Å²) in [5.41, 5.74) is 5.28. The lowest BCUT2D eigenvalue weighted by molar-refractivity contribution is 0.561. The molecule has 0 fully saturated rings. The summed E-state index contributed by atoms with van der Waals surface area (Å²) >= 11 is 0. The number of hydrogen-bond donors (Lipinski definition) is 0. The molecule has 1 aliphatic rings. The minimum absolute atomic E-state index is 0.171. The number of hydrogen-bond acceptors (Lipinski definition) is 2. The van der Waals surface area contributed by atoms with E-state index in [1.54, 1.807) is 12.3 Å². The first-order chi connectivity index (χ1) is 11.3. The lowest BCUT2D eigenvalue weighted by Gasteiger charge is -2.14. The number of aromatic nitrogens is 3. The Kier molecular flexibility index (Phi) is 3.66. The maximum absolute atomic E-state index is 14.0. The second-order valence-corrected chi connectivity index (χ2v) is 5.97. The highest BCUT2D eigenvalue weighted by atomic mass is 19.1. The van der Waals surface area contributed by atoms with Crippen LogP contribution in [0.5, 0.6) is 0 Å². The van der Waals surface area contributed by atoms with E-state index in [-0.39, 0.29) is 5.82 Å². The molecule has 1 aromatic carbocycles. The Balaban J connectivity index is 1.79. The second kappa shape index (κ2) is 5.95. The number of benzene rings is 1. The van der Waals surface area contributed by atoms with Crippen molar-refractivity contribution in [2.24, 2.45) is 0 Å². The monoisotopic (exact) mass is 307 g/mol. The predicted molar refractivity (Wildman–Crippen MR) is 87.6 cm³/mol. The largest absolute Gasteiger partial charge is 0.264 e. The number of fused-ring (bicyclic) bond motifs is 1. The number of halogens is 1. The van der Waals surface area contributed by atoms with Gasteiger partial charge in [-0.15, -0.1) is 0 Å². The molecule has 0 atom stereocenters. The van der Waals surface area contributed by atoms with Crippen molar-refractivity contribution in [1.29, 1.82) is 0 Å². The van der Waals surface area contributed by atoms with E-state index in [0.29, 0.717) is 12.1 Å². The Morgan fingerprint density at radius 3 is 2.74 bits per heavy atom. The van der Waals surface area contributed by atoms with Crippen LogP contribution in [0.25, 0.3) is 11.3 Å². The van der Waals surface area contributed by atoms with Gasteiger partial charge in [-0.3, -0.25) is 9.67 Å². The molecule has 1 aliphatic carbocycles. The molecule has 2 aromatic heterocycles. The van der Waals surface area contributed by atoms with Gasteiger partial charge in [0.1, 0.15) is 5.82 Å². The third kappa shape index (κ3) is 2.65. The first kappa shape index (κ1) is 14.1. The molecule has 0 amide bonds. The normalized spacial score (nSPS) is 13.8. The van der Waals surface area contributed by atoms with Gasteiger partial charge in [0.15, 0.2) is 0 Å². The third-order valence-electron chi connectivity index (χ3n) is 4.47. The van der Waals surface area contributed by atoms with E-state index in [0.717, 1.165) is 24.1 Å². The molecular weight excluding hydrogens is 289 g/mol. The van der Waals surface area contributed by atoms with E-state index in [1.807, 2.05) is 35.1 Å². The number of nitrogens with zero attached hydrogens (tertiary/aromatic N) is 3. The molecule has 0 saturated heterocycles. The van der Waals surface area contributed by atoms with Gasteiger partial charge in [-0.1, -0.05) is 18.2 Å². The average molecular weight is 307 g/mol. The molecule has 3 nitrogen and oxygen atoms in total. The van der Waals surface area contributed by atoms with Gasteiger partial charge in [0, 0.05) is 34.8 Å². The lowest BCUT2D eigenvalue weighted by Crippen LogP contribution is -2.11. The highest BCUT2D eigenvalue weighted by Gasteiger charge is 2.22. The van der Waals surface area contributed by atoms with Gasteiger partial charge in [-0.05, 0) is 43.9 Å². The Labute approximate surface area is 134 Å². The van der Waals surface area contributed by atoms with E-state index in [2.05, 4.69) is 4.98 Å². The molecule has 2 heterocycles. The smallest absolute Gasteiger partial charge is 0.128 e. The van der Waals surface area contributed by atoms with Crippen molar-refractivity contribution in [2.45, 2.75) is 32.2 Å². The Morgan fingerprint density at radius 2 is 1.91 bits per heavy atom. The highest BCUT2D eigenvalue weighted by Crippen LogP contribution is 2.31. The highest BCUT2D eigenvalue weighted by molar-refractivity contribution is 5.63. The molecule has 0 radical (unpaired) electrons.